The molecule has 0 aliphatic heterocycles. The molecule has 5 heteroatoms. The summed E-state index contributed by atoms with van der Waals surface area (Å²) in [5, 5.41) is 8.77. The Kier molecular flexibility index (Phi) is 6.12. The average Bonchev–Trinajstić information content (AvgIpc) is 2.81. The summed E-state index contributed by atoms with van der Waals surface area (Å²) in [4.78, 5) is 23.4. The first kappa shape index (κ1) is 15.0. The van der Waals surface area contributed by atoms with Crippen LogP contribution in [0.25, 0.3) is 0 Å². The maximum atomic E-state index is 11.9. The molecule has 0 heterocycles. The van der Waals surface area contributed by atoms with E-state index in [2.05, 4.69) is 16.0 Å². The van der Waals surface area contributed by atoms with Gasteiger partial charge >= 0.3 is 0 Å². The summed E-state index contributed by atoms with van der Waals surface area (Å²) in [5.74, 6) is -0.0870. The highest BCUT2D eigenvalue weighted by atomic mass is 16.2. The first-order valence-electron chi connectivity index (χ1n) is 6.88. The molecule has 2 atom stereocenters. The van der Waals surface area contributed by atoms with Gasteiger partial charge in [0.2, 0.25) is 11.8 Å². The number of carbonyl (C=O) groups excluding carboxylic acids is 2. The zero-order valence-electron chi connectivity index (χ0n) is 11.6. The van der Waals surface area contributed by atoms with Crippen molar-refractivity contribution in [1.82, 2.24) is 16.0 Å². The second kappa shape index (κ2) is 7.36. The van der Waals surface area contributed by atoms with E-state index in [0.29, 0.717) is 12.6 Å². The molecule has 3 N–H and O–H groups in total. The molecule has 0 bridgehead atoms. The summed E-state index contributed by atoms with van der Waals surface area (Å²) in [6, 6.07) is -0.376. The first-order chi connectivity index (χ1) is 8.54. The van der Waals surface area contributed by atoms with Gasteiger partial charge in [0.05, 0.1) is 12.1 Å². The lowest BCUT2D eigenvalue weighted by atomic mass is 10.2. The fourth-order valence-electron chi connectivity index (χ4n) is 2.25. The van der Waals surface area contributed by atoms with Gasteiger partial charge in [-0.05, 0) is 33.6 Å². The van der Waals surface area contributed by atoms with Gasteiger partial charge in [-0.15, -0.1) is 0 Å². The Labute approximate surface area is 109 Å². The Morgan fingerprint density at radius 2 is 1.67 bits per heavy atom. The molecule has 0 aromatic heterocycles. The van der Waals surface area contributed by atoms with E-state index in [4.69, 9.17) is 0 Å². The second-order valence-electron chi connectivity index (χ2n) is 4.99. The van der Waals surface area contributed by atoms with Gasteiger partial charge in [-0.2, -0.15) is 0 Å². The van der Waals surface area contributed by atoms with E-state index >= 15 is 0 Å². The van der Waals surface area contributed by atoms with Gasteiger partial charge < -0.3 is 10.6 Å². The first-order valence-corrected chi connectivity index (χ1v) is 6.88. The van der Waals surface area contributed by atoms with Gasteiger partial charge in [-0.25, -0.2) is 0 Å². The van der Waals surface area contributed by atoms with E-state index in [1.807, 2.05) is 6.92 Å². The van der Waals surface area contributed by atoms with Crippen LogP contribution in [0, 0.1) is 0 Å². The lowest BCUT2D eigenvalue weighted by Gasteiger charge is -2.21. The van der Waals surface area contributed by atoms with Gasteiger partial charge in [0, 0.05) is 12.6 Å². The van der Waals surface area contributed by atoms with Crippen molar-refractivity contribution in [3.63, 3.8) is 0 Å². The molecule has 2 unspecified atom stereocenters. The number of rotatable bonds is 6. The molecule has 1 aliphatic carbocycles. The van der Waals surface area contributed by atoms with Gasteiger partial charge in [-0.3, -0.25) is 14.9 Å². The Hall–Kier alpha value is -1.10. The number of carbonyl (C=O) groups is 2. The third kappa shape index (κ3) is 4.64. The quantitative estimate of drug-likeness (QED) is 0.649. The van der Waals surface area contributed by atoms with E-state index in [-0.39, 0.29) is 23.9 Å². The van der Waals surface area contributed by atoms with E-state index < -0.39 is 0 Å². The number of nitrogens with one attached hydrogen (secondary N) is 3. The molecule has 5 nitrogen and oxygen atoms in total. The molecule has 0 saturated heterocycles. The third-order valence-corrected chi connectivity index (χ3v) is 3.34. The second-order valence-corrected chi connectivity index (χ2v) is 4.99. The maximum absolute atomic E-state index is 11.9. The fraction of sp³-hybridized carbons (Fsp3) is 0.846. The van der Waals surface area contributed by atoms with Crippen LogP contribution in [0.2, 0.25) is 0 Å². The van der Waals surface area contributed by atoms with E-state index in [9.17, 15) is 9.59 Å². The lowest BCUT2D eigenvalue weighted by molar-refractivity contribution is -0.125. The lowest BCUT2D eigenvalue weighted by Crippen LogP contribution is -2.52. The van der Waals surface area contributed by atoms with E-state index in [1.165, 1.54) is 12.8 Å². The Balaban J connectivity index is 2.31. The van der Waals surface area contributed by atoms with Crippen molar-refractivity contribution in [1.29, 1.82) is 0 Å². The van der Waals surface area contributed by atoms with Crippen LogP contribution in [0.1, 0.15) is 46.5 Å². The minimum Gasteiger partial charge on any atom is -0.355 e. The molecule has 0 aromatic carbocycles. The molecule has 1 saturated carbocycles. The highest BCUT2D eigenvalue weighted by molar-refractivity contribution is 5.84. The zero-order valence-corrected chi connectivity index (χ0v) is 11.6. The number of hydrogen-bond donors (Lipinski definition) is 3. The summed E-state index contributed by atoms with van der Waals surface area (Å²) < 4.78 is 0. The van der Waals surface area contributed by atoms with Gasteiger partial charge in [0.15, 0.2) is 0 Å². The topological polar surface area (TPSA) is 70.2 Å². The summed E-state index contributed by atoms with van der Waals surface area (Å²) in [6.45, 7) is 6.04. The molecule has 1 fully saturated rings. The van der Waals surface area contributed by atoms with Crippen molar-refractivity contribution in [2.24, 2.45) is 0 Å². The fourth-order valence-corrected chi connectivity index (χ4v) is 2.25. The Morgan fingerprint density at radius 3 is 2.22 bits per heavy atom. The predicted octanol–water partition coefficient (Wildman–Crippen LogP) is 0.548. The SMILES string of the molecule is CCNC(=O)C(C)NC(C)C(=O)NC1CCCC1. The molecule has 2 amide bonds. The highest BCUT2D eigenvalue weighted by Gasteiger charge is 2.23. The van der Waals surface area contributed by atoms with Crippen LogP contribution in [0.15, 0.2) is 0 Å². The summed E-state index contributed by atoms with van der Waals surface area (Å²) in [5.41, 5.74) is 0. The summed E-state index contributed by atoms with van der Waals surface area (Å²) in [6.07, 6.45) is 4.54. The molecular weight excluding hydrogens is 230 g/mol. The number of amides is 2. The Morgan fingerprint density at radius 1 is 1.11 bits per heavy atom. The van der Waals surface area contributed by atoms with Crippen LogP contribution < -0.4 is 16.0 Å². The predicted molar refractivity (Wildman–Crippen MR) is 71.1 cm³/mol. The van der Waals surface area contributed by atoms with Crippen LogP contribution in [0.3, 0.4) is 0 Å². The molecule has 0 radical (unpaired) electrons. The smallest absolute Gasteiger partial charge is 0.237 e. The van der Waals surface area contributed by atoms with Crippen molar-refractivity contribution < 1.29 is 9.59 Å². The largest absolute Gasteiger partial charge is 0.355 e. The molecule has 0 spiro atoms. The molecule has 1 rings (SSSR count). The van der Waals surface area contributed by atoms with Crippen molar-refractivity contribution in [2.45, 2.75) is 64.6 Å². The van der Waals surface area contributed by atoms with Crippen molar-refractivity contribution in [3.8, 4) is 0 Å². The molecule has 18 heavy (non-hydrogen) atoms. The van der Waals surface area contributed by atoms with Crippen molar-refractivity contribution in [3.05, 3.63) is 0 Å². The van der Waals surface area contributed by atoms with Crippen LogP contribution >= 0.6 is 0 Å². The van der Waals surface area contributed by atoms with Crippen LogP contribution in [-0.4, -0.2) is 36.5 Å². The minimum atomic E-state index is -0.353. The van der Waals surface area contributed by atoms with E-state index in [0.717, 1.165) is 12.8 Å². The zero-order chi connectivity index (χ0) is 13.5. The average molecular weight is 255 g/mol. The number of hydrogen-bond acceptors (Lipinski definition) is 3. The summed E-state index contributed by atoms with van der Waals surface area (Å²) >= 11 is 0. The standard InChI is InChI=1S/C13H25N3O2/c1-4-14-12(17)9(2)15-10(3)13(18)16-11-7-5-6-8-11/h9-11,15H,4-8H2,1-3H3,(H,14,17)(H,16,18). The van der Waals surface area contributed by atoms with Crippen LogP contribution in [0.5, 0.6) is 0 Å². The van der Waals surface area contributed by atoms with Gasteiger partial charge in [-0.1, -0.05) is 12.8 Å². The van der Waals surface area contributed by atoms with Gasteiger partial charge in [0.25, 0.3) is 0 Å². The third-order valence-electron chi connectivity index (χ3n) is 3.34. The molecule has 0 aromatic rings. The number of likely N-dealkylation sites (N-methyl/N-ethyl adjacent to an activating group) is 1. The molecule has 104 valence electrons. The monoisotopic (exact) mass is 255 g/mol. The van der Waals surface area contributed by atoms with Crippen LogP contribution in [-0.2, 0) is 9.59 Å². The summed E-state index contributed by atoms with van der Waals surface area (Å²) in [7, 11) is 0. The van der Waals surface area contributed by atoms with E-state index in [1.54, 1.807) is 13.8 Å². The molecule has 1 aliphatic rings. The molecular formula is C13H25N3O2. The van der Waals surface area contributed by atoms with Crippen molar-refractivity contribution >= 4 is 11.8 Å². The Bertz CT molecular complexity index is 288. The normalized spacial score (nSPS) is 19.3. The van der Waals surface area contributed by atoms with Gasteiger partial charge in [0.1, 0.15) is 0 Å². The van der Waals surface area contributed by atoms with Crippen LogP contribution in [0.4, 0.5) is 0 Å². The van der Waals surface area contributed by atoms with Crippen molar-refractivity contribution in [2.75, 3.05) is 6.54 Å². The highest BCUT2D eigenvalue weighted by Crippen LogP contribution is 2.17. The maximum Gasteiger partial charge on any atom is 0.237 e. The minimum absolute atomic E-state index is 0.0157.